The van der Waals surface area contributed by atoms with Gasteiger partial charge in [-0.1, -0.05) is 32.4 Å². The molecular weight excluding hydrogens is 798 g/mol. The van der Waals surface area contributed by atoms with Crippen LogP contribution in [0.3, 0.4) is 0 Å². The first-order valence-electron chi connectivity index (χ1n) is 20.8. The third-order valence-electron chi connectivity index (χ3n) is 13.3. The average Bonchev–Trinajstić information content (AvgIpc) is 3.15. The Kier molecular flexibility index (Phi) is 12.5. The first-order valence-corrected chi connectivity index (χ1v) is 20.8. The van der Waals surface area contributed by atoms with Crippen molar-refractivity contribution in [3.8, 4) is 5.75 Å². The fraction of sp³-hybridized carbons (Fsp3) is 0.682. The predicted molar refractivity (Wildman–Crippen MR) is 212 cm³/mol. The Balaban J connectivity index is 1.60. The summed E-state index contributed by atoms with van der Waals surface area (Å²) in [5, 5.41) is 40.0. The topological polar surface area (TPSA) is 240 Å². The molecule has 11 atom stereocenters. The zero-order valence-electron chi connectivity index (χ0n) is 36.2. The van der Waals surface area contributed by atoms with Crippen molar-refractivity contribution in [3.05, 3.63) is 41.0 Å². The highest BCUT2D eigenvalue weighted by atomic mass is 16.6. The van der Waals surface area contributed by atoms with Crippen LogP contribution in [0.2, 0.25) is 0 Å². The molecule has 1 aromatic carbocycles. The predicted octanol–water partition coefficient (Wildman–Crippen LogP) is 3.41. The lowest BCUT2D eigenvalue weighted by molar-refractivity contribution is -0.346. The van der Waals surface area contributed by atoms with E-state index in [4.69, 9.17) is 33.2 Å². The normalized spacial score (nSPS) is 36.6. The lowest BCUT2D eigenvalue weighted by Crippen LogP contribution is -2.82. The summed E-state index contributed by atoms with van der Waals surface area (Å²) in [6.45, 7) is 13.1. The molecule has 2 saturated carbocycles. The fourth-order valence-corrected chi connectivity index (χ4v) is 10.2. The van der Waals surface area contributed by atoms with Crippen LogP contribution in [-0.4, -0.2) is 124 Å². The molecule has 0 unspecified atom stereocenters. The number of ketones is 1. The van der Waals surface area contributed by atoms with Crippen molar-refractivity contribution in [2.75, 3.05) is 13.2 Å². The van der Waals surface area contributed by atoms with Crippen molar-refractivity contribution in [2.45, 2.75) is 160 Å². The Morgan fingerprint density at radius 3 is 2.26 bits per heavy atom. The highest BCUT2D eigenvalue weighted by molar-refractivity contribution is 5.96. The van der Waals surface area contributed by atoms with Gasteiger partial charge in [-0.2, -0.15) is 0 Å². The third kappa shape index (κ3) is 8.14. The van der Waals surface area contributed by atoms with E-state index in [1.165, 1.54) is 19.9 Å². The molecule has 17 nitrogen and oxygen atoms in total. The number of ether oxygens (including phenoxy) is 7. The Hall–Kier alpha value is -4.58. The fourth-order valence-electron chi connectivity index (χ4n) is 10.2. The van der Waals surface area contributed by atoms with Crippen LogP contribution < -0.4 is 10.1 Å². The van der Waals surface area contributed by atoms with Gasteiger partial charge >= 0.3 is 30.0 Å². The second-order valence-corrected chi connectivity index (χ2v) is 18.7. The Bertz CT molecular complexity index is 1970. The maximum Gasteiger partial charge on any atom is 0.407 e. The number of Topliss-reactive ketones (excluding diaryl/α,β-unsaturated/α-hetero) is 1. The van der Waals surface area contributed by atoms with Crippen LogP contribution in [0.4, 0.5) is 4.79 Å². The number of benzene rings is 1. The number of carbonyl (C=O) groups excluding carboxylic acids is 6. The van der Waals surface area contributed by atoms with Gasteiger partial charge < -0.3 is 53.8 Å². The summed E-state index contributed by atoms with van der Waals surface area (Å²) in [5.41, 5.74) is -8.69. The van der Waals surface area contributed by atoms with Gasteiger partial charge in [0.2, 0.25) is 0 Å². The second kappa shape index (κ2) is 16.6. The highest BCUT2D eigenvalue weighted by Gasteiger charge is 2.78. The molecule has 61 heavy (non-hydrogen) atoms. The van der Waals surface area contributed by atoms with Crippen molar-refractivity contribution in [3.63, 3.8) is 0 Å². The minimum Gasteiger partial charge on any atom is -0.493 e. The average molecular weight is 858 g/mol. The van der Waals surface area contributed by atoms with Crippen LogP contribution in [0.5, 0.6) is 5.75 Å². The van der Waals surface area contributed by atoms with Crippen LogP contribution in [0.25, 0.3) is 0 Å². The molecule has 0 radical (unpaired) electrons. The number of aliphatic hydroxyl groups excluding tert-OH is 2. The van der Waals surface area contributed by atoms with Gasteiger partial charge in [-0.15, -0.1) is 0 Å². The lowest BCUT2D eigenvalue weighted by Gasteiger charge is -2.67. The van der Waals surface area contributed by atoms with E-state index in [2.05, 4.69) is 5.32 Å². The largest absolute Gasteiger partial charge is 0.493 e. The van der Waals surface area contributed by atoms with Crippen LogP contribution in [-0.2, 0) is 47.6 Å². The Morgan fingerprint density at radius 2 is 1.64 bits per heavy atom. The Labute approximate surface area is 354 Å². The summed E-state index contributed by atoms with van der Waals surface area (Å²) in [7, 11) is 0. The minimum atomic E-state index is -2.40. The maximum absolute atomic E-state index is 15.5. The molecule has 3 aliphatic carbocycles. The number of nitrogens with one attached hydrogen (secondary N) is 1. The molecule has 3 fully saturated rings. The number of alkyl carbamates (subject to hydrolysis) is 1. The minimum absolute atomic E-state index is 0.00301. The van der Waals surface area contributed by atoms with Crippen molar-refractivity contribution in [2.24, 2.45) is 16.7 Å². The van der Waals surface area contributed by atoms with Gasteiger partial charge in [-0.05, 0) is 77.2 Å². The molecule has 4 N–H and O–H groups in total. The van der Waals surface area contributed by atoms with E-state index in [1.807, 2.05) is 0 Å². The van der Waals surface area contributed by atoms with Gasteiger partial charge in [0.15, 0.2) is 23.6 Å². The molecule has 1 saturated heterocycles. The van der Waals surface area contributed by atoms with Gasteiger partial charge in [-0.25, -0.2) is 14.4 Å². The van der Waals surface area contributed by atoms with E-state index in [-0.39, 0.29) is 48.5 Å². The molecule has 336 valence electrons. The Morgan fingerprint density at radius 1 is 0.951 bits per heavy atom. The zero-order valence-corrected chi connectivity index (χ0v) is 36.2. The van der Waals surface area contributed by atoms with E-state index in [0.717, 1.165) is 13.8 Å². The molecule has 0 spiro atoms. The lowest BCUT2D eigenvalue weighted by atomic mass is 9.44. The van der Waals surface area contributed by atoms with Crippen LogP contribution in [0.1, 0.15) is 111 Å². The number of para-hydroxylation sites is 1. The van der Waals surface area contributed by atoms with Crippen molar-refractivity contribution in [1.82, 2.24) is 5.32 Å². The van der Waals surface area contributed by atoms with Crippen LogP contribution in [0, 0.1) is 16.7 Å². The monoisotopic (exact) mass is 857 g/mol. The molecule has 2 aliphatic heterocycles. The zero-order chi connectivity index (χ0) is 45.0. The molecule has 1 aromatic rings. The van der Waals surface area contributed by atoms with E-state index in [1.54, 1.807) is 52.8 Å². The smallest absolute Gasteiger partial charge is 0.407 e. The quantitative estimate of drug-likeness (QED) is 0.194. The molecule has 5 aliphatic rings. The summed E-state index contributed by atoms with van der Waals surface area (Å²) in [6.07, 6.45) is -9.86. The van der Waals surface area contributed by atoms with Crippen molar-refractivity contribution >= 4 is 35.8 Å². The van der Waals surface area contributed by atoms with Crippen molar-refractivity contribution in [1.29, 1.82) is 0 Å². The number of aliphatic hydroxyl groups is 3. The van der Waals surface area contributed by atoms with Gasteiger partial charge in [0.1, 0.15) is 40.8 Å². The van der Waals surface area contributed by atoms with Gasteiger partial charge in [0.25, 0.3) is 0 Å². The van der Waals surface area contributed by atoms with Gasteiger partial charge in [-0.3, -0.25) is 14.4 Å². The van der Waals surface area contributed by atoms with E-state index in [0.29, 0.717) is 19.3 Å². The maximum atomic E-state index is 15.5. The highest BCUT2D eigenvalue weighted by Crippen LogP contribution is 2.64. The summed E-state index contributed by atoms with van der Waals surface area (Å²) < 4.78 is 41.9. The number of hydrogen-bond acceptors (Lipinski definition) is 16. The third-order valence-corrected chi connectivity index (χ3v) is 13.3. The molecule has 2 heterocycles. The summed E-state index contributed by atoms with van der Waals surface area (Å²) >= 11 is 0. The molecular formula is C44H59NO16. The molecule has 1 amide bonds. The van der Waals surface area contributed by atoms with Gasteiger partial charge in [0, 0.05) is 32.1 Å². The van der Waals surface area contributed by atoms with E-state index < -0.39 is 118 Å². The van der Waals surface area contributed by atoms with E-state index >= 15 is 4.79 Å². The SMILES string of the molecule is CC(=O)O[C@H]1C(=O)[C@@]2(C)[C@H]([C@H]3OC(=O)c4ccccc4OCCCCC[C@@H](NC(=O)OC(C)(C)C)[C@H](O)C(=O)O[C@H]4C[C@@]3(O)C(C)(C)C1=C4C)[C@@]1(OC(C)=O)CO[C@@H]1C[C@@H]2O. The molecule has 17 heteroatoms. The van der Waals surface area contributed by atoms with Gasteiger partial charge in [0.05, 0.1) is 36.7 Å². The second-order valence-electron chi connectivity index (χ2n) is 18.7. The van der Waals surface area contributed by atoms with E-state index in [9.17, 15) is 39.3 Å². The molecule has 6 rings (SSSR count). The summed E-state index contributed by atoms with van der Waals surface area (Å²) in [4.78, 5) is 83.3. The molecule has 3 bridgehead atoms. The number of carbonyl (C=O) groups is 6. The number of rotatable bonds is 3. The number of amides is 1. The van der Waals surface area contributed by atoms with Crippen LogP contribution >= 0.6 is 0 Å². The van der Waals surface area contributed by atoms with Crippen molar-refractivity contribution < 1.29 is 77.2 Å². The standard InChI is InChI=1S/C44H59NO16/c1-22-28-20-44(54)36(34-42(9,29(48)19-30-43(34,21-56-30)60-24(3)47)35(50)33(57-23(2)46)31(22)41(44,7)8)59-37(51)25-15-12-13-17-27(25)55-18-14-10-11-16-26(32(49)38(52)58-28)45-39(53)61-40(4,5)6/h12-13,15,17,26,28-30,32-34,36,48-49,54H,10-11,14,16,18-21H2,1-9H3,(H,45,53)/t26-,28+,29+,30-,32+,33-,34+,36-,42-,43-,44+/m1/s1. The molecule has 0 aromatic heterocycles. The summed E-state index contributed by atoms with van der Waals surface area (Å²) in [5.74, 6) is -6.15. The summed E-state index contributed by atoms with van der Waals surface area (Å²) in [6, 6.07) is 5.09. The first-order chi connectivity index (χ1) is 28.4. The van der Waals surface area contributed by atoms with Crippen LogP contribution in [0.15, 0.2) is 35.4 Å². The number of hydrogen-bond donors (Lipinski definition) is 4. The number of esters is 4. The first kappa shape index (κ1) is 45.9. The number of fused-ring (bicyclic) bond motifs is 7.